The van der Waals surface area contributed by atoms with E-state index in [0.717, 1.165) is 16.7 Å². The lowest BCUT2D eigenvalue weighted by atomic mass is 10.0. The maximum atomic E-state index is 12.4. The maximum Gasteiger partial charge on any atom is 0.251 e. The molecule has 24 heavy (non-hydrogen) atoms. The van der Waals surface area contributed by atoms with Gasteiger partial charge in [-0.15, -0.1) is 0 Å². The molecule has 1 N–H and O–H groups in total. The number of carbonyl (C=O) groups is 1. The summed E-state index contributed by atoms with van der Waals surface area (Å²) in [5, 5.41) is 2.92. The van der Waals surface area contributed by atoms with Crippen LogP contribution in [0.2, 0.25) is 0 Å². The Hall–Kier alpha value is -2.69. The molecule has 0 unspecified atom stereocenters. The Labute approximate surface area is 142 Å². The summed E-state index contributed by atoms with van der Waals surface area (Å²) in [5.41, 5.74) is 3.56. The molecule has 128 valence electrons. The second-order valence-corrected chi connectivity index (χ2v) is 5.49. The average molecular weight is 329 g/mol. The standard InChI is InChI=1S/C19H23NO4/c1-12-6-8-15(13(2)10-12)19(21)20-11-14-7-9-16(22-3)18(24-5)17(14)23-4/h6-10H,11H2,1-5H3,(H,20,21). The average Bonchev–Trinajstić information content (AvgIpc) is 2.58. The molecule has 2 rings (SSSR count). The lowest BCUT2D eigenvalue weighted by Crippen LogP contribution is -2.24. The largest absolute Gasteiger partial charge is 0.493 e. The second-order valence-electron chi connectivity index (χ2n) is 5.49. The molecule has 0 saturated heterocycles. The molecule has 0 aromatic heterocycles. The van der Waals surface area contributed by atoms with E-state index in [-0.39, 0.29) is 5.91 Å². The molecule has 0 saturated carbocycles. The van der Waals surface area contributed by atoms with E-state index >= 15 is 0 Å². The van der Waals surface area contributed by atoms with Crippen LogP contribution in [0.4, 0.5) is 0 Å². The van der Waals surface area contributed by atoms with Crippen LogP contribution in [0.15, 0.2) is 30.3 Å². The second kappa shape index (κ2) is 7.73. The number of nitrogens with one attached hydrogen (secondary N) is 1. The van der Waals surface area contributed by atoms with E-state index in [1.807, 2.05) is 38.1 Å². The Balaban J connectivity index is 2.21. The van der Waals surface area contributed by atoms with Gasteiger partial charge in [-0.3, -0.25) is 4.79 Å². The van der Waals surface area contributed by atoms with Gasteiger partial charge in [0.1, 0.15) is 0 Å². The third-order valence-corrected chi connectivity index (χ3v) is 3.85. The highest BCUT2D eigenvalue weighted by atomic mass is 16.5. The zero-order valence-corrected chi connectivity index (χ0v) is 14.7. The molecular weight excluding hydrogens is 306 g/mol. The third-order valence-electron chi connectivity index (χ3n) is 3.85. The molecule has 5 nitrogen and oxygen atoms in total. The minimum Gasteiger partial charge on any atom is -0.493 e. The summed E-state index contributed by atoms with van der Waals surface area (Å²) in [6, 6.07) is 9.40. The van der Waals surface area contributed by atoms with E-state index in [1.165, 1.54) is 0 Å². The van der Waals surface area contributed by atoms with Crippen molar-refractivity contribution in [2.75, 3.05) is 21.3 Å². The molecule has 0 spiro atoms. The summed E-state index contributed by atoms with van der Waals surface area (Å²) in [5.74, 6) is 1.53. The number of benzene rings is 2. The van der Waals surface area contributed by atoms with Gasteiger partial charge in [-0.2, -0.15) is 0 Å². The molecule has 2 aromatic rings. The van der Waals surface area contributed by atoms with Crippen LogP contribution in [0.5, 0.6) is 17.2 Å². The van der Waals surface area contributed by atoms with Crippen molar-refractivity contribution in [3.05, 3.63) is 52.6 Å². The van der Waals surface area contributed by atoms with Gasteiger partial charge in [-0.05, 0) is 37.6 Å². The van der Waals surface area contributed by atoms with Crippen molar-refractivity contribution in [2.45, 2.75) is 20.4 Å². The zero-order valence-electron chi connectivity index (χ0n) is 14.7. The van der Waals surface area contributed by atoms with Gasteiger partial charge in [0.2, 0.25) is 5.75 Å². The molecule has 0 aliphatic carbocycles. The highest BCUT2D eigenvalue weighted by Crippen LogP contribution is 2.39. The Bertz CT molecular complexity index is 740. The molecule has 0 fully saturated rings. The first-order chi connectivity index (χ1) is 11.5. The molecular formula is C19H23NO4. The van der Waals surface area contributed by atoms with Crippen LogP contribution in [0, 0.1) is 13.8 Å². The molecule has 0 heterocycles. The van der Waals surface area contributed by atoms with Crippen LogP contribution in [0.3, 0.4) is 0 Å². The van der Waals surface area contributed by atoms with Crippen molar-refractivity contribution in [3.8, 4) is 17.2 Å². The molecule has 5 heteroatoms. The minimum absolute atomic E-state index is 0.121. The summed E-state index contributed by atoms with van der Waals surface area (Å²) in [6.45, 7) is 4.26. The summed E-state index contributed by atoms with van der Waals surface area (Å²) in [7, 11) is 4.68. The van der Waals surface area contributed by atoms with Crippen LogP contribution < -0.4 is 19.5 Å². The number of rotatable bonds is 6. The van der Waals surface area contributed by atoms with Gasteiger partial charge in [-0.25, -0.2) is 0 Å². The fraction of sp³-hybridized carbons (Fsp3) is 0.316. The number of ether oxygens (including phenoxy) is 3. The smallest absolute Gasteiger partial charge is 0.251 e. The number of carbonyl (C=O) groups excluding carboxylic acids is 1. The number of hydrogen-bond donors (Lipinski definition) is 1. The molecule has 2 aromatic carbocycles. The monoisotopic (exact) mass is 329 g/mol. The van der Waals surface area contributed by atoms with Crippen molar-refractivity contribution >= 4 is 5.91 Å². The van der Waals surface area contributed by atoms with E-state index in [0.29, 0.717) is 29.4 Å². The Morgan fingerprint density at radius 2 is 1.67 bits per heavy atom. The first-order valence-corrected chi connectivity index (χ1v) is 7.65. The fourth-order valence-electron chi connectivity index (χ4n) is 2.64. The van der Waals surface area contributed by atoms with E-state index in [4.69, 9.17) is 14.2 Å². The lowest BCUT2D eigenvalue weighted by molar-refractivity contribution is 0.0950. The van der Waals surface area contributed by atoms with Gasteiger partial charge < -0.3 is 19.5 Å². The highest BCUT2D eigenvalue weighted by Gasteiger charge is 2.17. The van der Waals surface area contributed by atoms with Crippen molar-refractivity contribution < 1.29 is 19.0 Å². The number of hydrogen-bond acceptors (Lipinski definition) is 4. The SMILES string of the molecule is COc1ccc(CNC(=O)c2ccc(C)cc2C)c(OC)c1OC. The van der Waals surface area contributed by atoms with Gasteiger partial charge >= 0.3 is 0 Å². The van der Waals surface area contributed by atoms with Crippen molar-refractivity contribution in [2.24, 2.45) is 0 Å². The van der Waals surface area contributed by atoms with Gasteiger partial charge in [-0.1, -0.05) is 17.7 Å². The molecule has 0 atom stereocenters. The van der Waals surface area contributed by atoms with E-state index in [1.54, 1.807) is 27.4 Å². The number of aryl methyl sites for hydroxylation is 2. The molecule has 1 amide bonds. The third kappa shape index (κ3) is 3.62. The molecule has 0 aliphatic rings. The van der Waals surface area contributed by atoms with Crippen LogP contribution in [0.25, 0.3) is 0 Å². The number of methoxy groups -OCH3 is 3. The van der Waals surface area contributed by atoms with Gasteiger partial charge in [0.25, 0.3) is 5.91 Å². The van der Waals surface area contributed by atoms with Crippen LogP contribution >= 0.6 is 0 Å². The van der Waals surface area contributed by atoms with Gasteiger partial charge in [0.05, 0.1) is 21.3 Å². The minimum atomic E-state index is -0.121. The summed E-state index contributed by atoms with van der Waals surface area (Å²) < 4.78 is 16.1. The molecule has 0 radical (unpaired) electrons. The Kier molecular flexibility index (Phi) is 5.68. The Morgan fingerprint density at radius 3 is 2.25 bits per heavy atom. The first kappa shape index (κ1) is 17.7. The quantitative estimate of drug-likeness (QED) is 0.884. The van der Waals surface area contributed by atoms with Crippen LogP contribution in [0.1, 0.15) is 27.0 Å². The van der Waals surface area contributed by atoms with E-state index in [9.17, 15) is 4.79 Å². The fourth-order valence-corrected chi connectivity index (χ4v) is 2.64. The highest BCUT2D eigenvalue weighted by molar-refractivity contribution is 5.95. The summed E-state index contributed by atoms with van der Waals surface area (Å²) >= 11 is 0. The van der Waals surface area contributed by atoms with E-state index < -0.39 is 0 Å². The van der Waals surface area contributed by atoms with Crippen LogP contribution in [-0.2, 0) is 6.54 Å². The predicted molar refractivity (Wildman–Crippen MR) is 93.2 cm³/mol. The lowest BCUT2D eigenvalue weighted by Gasteiger charge is -2.16. The van der Waals surface area contributed by atoms with E-state index in [2.05, 4.69) is 5.32 Å². The van der Waals surface area contributed by atoms with Gasteiger partial charge in [0, 0.05) is 17.7 Å². The topological polar surface area (TPSA) is 56.8 Å². The van der Waals surface area contributed by atoms with Crippen molar-refractivity contribution in [3.63, 3.8) is 0 Å². The summed E-state index contributed by atoms with van der Waals surface area (Å²) in [4.78, 5) is 12.4. The molecule has 0 bridgehead atoms. The zero-order chi connectivity index (χ0) is 17.7. The van der Waals surface area contributed by atoms with Crippen molar-refractivity contribution in [1.82, 2.24) is 5.32 Å². The molecule has 0 aliphatic heterocycles. The summed E-state index contributed by atoms with van der Waals surface area (Å²) in [6.07, 6.45) is 0. The first-order valence-electron chi connectivity index (χ1n) is 7.65. The van der Waals surface area contributed by atoms with Gasteiger partial charge in [0.15, 0.2) is 11.5 Å². The maximum absolute atomic E-state index is 12.4. The van der Waals surface area contributed by atoms with Crippen LogP contribution in [-0.4, -0.2) is 27.2 Å². The van der Waals surface area contributed by atoms with Crippen molar-refractivity contribution in [1.29, 1.82) is 0 Å². The normalized spacial score (nSPS) is 10.2. The predicted octanol–water partition coefficient (Wildman–Crippen LogP) is 3.26. The number of amides is 1. The Morgan fingerprint density at radius 1 is 0.958 bits per heavy atom.